The van der Waals surface area contributed by atoms with E-state index in [0.717, 1.165) is 17.7 Å². The van der Waals surface area contributed by atoms with Crippen LogP contribution in [0.1, 0.15) is 25.0 Å². The first-order valence-electron chi connectivity index (χ1n) is 6.53. The van der Waals surface area contributed by atoms with Crippen LogP contribution in [-0.2, 0) is 22.9 Å². The maximum absolute atomic E-state index is 11.7. The van der Waals surface area contributed by atoms with E-state index in [4.69, 9.17) is 5.73 Å². The topological polar surface area (TPSA) is 63.4 Å². The van der Waals surface area contributed by atoms with Crippen LogP contribution in [0.15, 0.2) is 24.3 Å². The van der Waals surface area contributed by atoms with E-state index in [1.807, 2.05) is 30.1 Å². The highest BCUT2D eigenvalue weighted by atomic mass is 32.2. The Morgan fingerprint density at radius 1 is 1.26 bits per heavy atom. The highest BCUT2D eigenvalue weighted by Gasteiger charge is 2.16. The molecule has 19 heavy (non-hydrogen) atoms. The molecular formula is C14H24N2O2S. The van der Waals surface area contributed by atoms with Crippen LogP contribution in [0.25, 0.3) is 0 Å². The van der Waals surface area contributed by atoms with Gasteiger partial charge in [-0.3, -0.25) is 0 Å². The van der Waals surface area contributed by atoms with E-state index in [2.05, 4.69) is 6.07 Å². The maximum atomic E-state index is 11.7. The average Bonchev–Trinajstić information content (AvgIpc) is 2.36. The second kappa shape index (κ2) is 7.03. The molecule has 0 aliphatic carbocycles. The van der Waals surface area contributed by atoms with Crippen LogP contribution in [-0.4, -0.2) is 37.9 Å². The molecule has 5 heteroatoms. The van der Waals surface area contributed by atoms with E-state index in [-0.39, 0.29) is 11.0 Å². The van der Waals surface area contributed by atoms with Crippen molar-refractivity contribution in [3.63, 3.8) is 0 Å². The maximum Gasteiger partial charge on any atom is 0.153 e. The van der Waals surface area contributed by atoms with Crippen molar-refractivity contribution in [1.82, 2.24) is 4.90 Å². The Morgan fingerprint density at radius 3 is 2.47 bits per heavy atom. The zero-order chi connectivity index (χ0) is 14.5. The lowest BCUT2D eigenvalue weighted by Crippen LogP contribution is -2.28. The molecule has 1 rings (SSSR count). The predicted octanol–water partition coefficient (Wildman–Crippen LogP) is 1.40. The minimum absolute atomic E-state index is 0.206. The zero-order valence-corrected chi connectivity index (χ0v) is 12.8. The molecule has 0 atom stereocenters. The fraction of sp³-hybridized carbons (Fsp3) is 0.571. The summed E-state index contributed by atoms with van der Waals surface area (Å²) >= 11 is 0. The Labute approximate surface area is 116 Å². The lowest BCUT2D eigenvalue weighted by Gasteiger charge is -2.18. The highest BCUT2D eigenvalue weighted by Crippen LogP contribution is 2.08. The third-order valence-electron chi connectivity index (χ3n) is 3.16. The Bertz CT molecular complexity index is 498. The lowest BCUT2D eigenvalue weighted by molar-refractivity contribution is 0.345. The van der Waals surface area contributed by atoms with Gasteiger partial charge in [0.15, 0.2) is 9.84 Å². The second-order valence-corrected chi connectivity index (χ2v) is 7.85. The first kappa shape index (κ1) is 16.1. The Kier molecular flexibility index (Phi) is 5.97. The molecule has 1 aromatic carbocycles. The number of nitrogens with two attached hydrogens (primary N) is 1. The van der Waals surface area contributed by atoms with Crippen LogP contribution in [0.5, 0.6) is 0 Å². The van der Waals surface area contributed by atoms with E-state index in [1.54, 1.807) is 13.8 Å². The Balaban J connectivity index is 2.53. The number of benzene rings is 1. The highest BCUT2D eigenvalue weighted by molar-refractivity contribution is 7.92. The first-order valence-corrected chi connectivity index (χ1v) is 8.24. The lowest BCUT2D eigenvalue weighted by atomic mass is 10.1. The molecule has 0 amide bonds. The van der Waals surface area contributed by atoms with E-state index in [1.165, 1.54) is 0 Å². The van der Waals surface area contributed by atoms with Crippen LogP contribution in [0, 0.1) is 0 Å². The van der Waals surface area contributed by atoms with Gasteiger partial charge in [0.05, 0.1) is 11.0 Å². The number of sulfone groups is 1. The van der Waals surface area contributed by atoms with E-state index in [9.17, 15) is 8.42 Å². The first-order chi connectivity index (χ1) is 8.85. The van der Waals surface area contributed by atoms with Gasteiger partial charge in [0.1, 0.15) is 0 Å². The second-order valence-electron chi connectivity index (χ2n) is 5.18. The van der Waals surface area contributed by atoms with Gasteiger partial charge in [-0.05, 0) is 32.0 Å². The van der Waals surface area contributed by atoms with Crippen molar-refractivity contribution in [3.8, 4) is 0 Å². The van der Waals surface area contributed by atoms with E-state index < -0.39 is 9.84 Å². The third-order valence-corrected chi connectivity index (χ3v) is 5.34. The molecule has 108 valence electrons. The molecule has 2 N–H and O–H groups in total. The molecule has 0 radical (unpaired) electrons. The van der Waals surface area contributed by atoms with Crippen LogP contribution < -0.4 is 5.73 Å². The summed E-state index contributed by atoms with van der Waals surface area (Å²) in [4.78, 5) is 2.02. The number of hydrogen-bond donors (Lipinski definition) is 1. The van der Waals surface area contributed by atoms with Crippen molar-refractivity contribution in [1.29, 1.82) is 0 Å². The van der Waals surface area contributed by atoms with Gasteiger partial charge in [-0.15, -0.1) is 0 Å². The van der Waals surface area contributed by atoms with Gasteiger partial charge >= 0.3 is 0 Å². The van der Waals surface area contributed by atoms with Gasteiger partial charge in [-0.1, -0.05) is 24.3 Å². The molecule has 0 saturated carbocycles. The van der Waals surface area contributed by atoms with Crippen LogP contribution >= 0.6 is 0 Å². The quantitative estimate of drug-likeness (QED) is 0.822. The van der Waals surface area contributed by atoms with Gasteiger partial charge < -0.3 is 10.6 Å². The molecule has 0 spiro atoms. The van der Waals surface area contributed by atoms with Crippen molar-refractivity contribution in [2.24, 2.45) is 5.73 Å². The molecule has 0 saturated heterocycles. The smallest absolute Gasteiger partial charge is 0.153 e. The summed E-state index contributed by atoms with van der Waals surface area (Å²) < 4.78 is 23.5. The summed E-state index contributed by atoms with van der Waals surface area (Å²) in [5, 5.41) is -0.304. The number of hydrogen-bond acceptors (Lipinski definition) is 4. The largest absolute Gasteiger partial charge is 0.326 e. The SMILES string of the molecule is CC(C)S(=O)(=O)CCN(C)Cc1cccc(CN)c1. The molecule has 1 aromatic rings. The fourth-order valence-corrected chi connectivity index (χ4v) is 2.80. The monoisotopic (exact) mass is 284 g/mol. The summed E-state index contributed by atoms with van der Waals surface area (Å²) in [5.41, 5.74) is 7.86. The van der Waals surface area contributed by atoms with Crippen LogP contribution in [0.4, 0.5) is 0 Å². The van der Waals surface area contributed by atoms with Gasteiger partial charge in [0.2, 0.25) is 0 Å². The van der Waals surface area contributed by atoms with Crippen molar-refractivity contribution >= 4 is 9.84 Å². The van der Waals surface area contributed by atoms with E-state index >= 15 is 0 Å². The van der Waals surface area contributed by atoms with Gasteiger partial charge in [-0.25, -0.2) is 8.42 Å². The van der Waals surface area contributed by atoms with Gasteiger partial charge in [0.25, 0.3) is 0 Å². The minimum atomic E-state index is -2.96. The fourth-order valence-electron chi connectivity index (χ4n) is 1.76. The number of nitrogens with zero attached hydrogens (tertiary/aromatic N) is 1. The van der Waals surface area contributed by atoms with Crippen molar-refractivity contribution in [3.05, 3.63) is 35.4 Å². The summed E-state index contributed by atoms with van der Waals surface area (Å²) in [5.74, 6) is 0.206. The molecule has 0 aliphatic rings. The molecule has 0 bridgehead atoms. The summed E-state index contributed by atoms with van der Waals surface area (Å²) in [6.45, 7) is 5.26. The predicted molar refractivity (Wildman–Crippen MR) is 79.6 cm³/mol. The van der Waals surface area contributed by atoms with E-state index in [0.29, 0.717) is 13.1 Å². The molecule has 0 fully saturated rings. The molecule has 0 unspecified atom stereocenters. The number of rotatable bonds is 7. The molecular weight excluding hydrogens is 260 g/mol. The third kappa shape index (κ3) is 5.30. The minimum Gasteiger partial charge on any atom is -0.326 e. The summed E-state index contributed by atoms with van der Waals surface area (Å²) in [6, 6.07) is 8.07. The molecule has 0 heterocycles. The van der Waals surface area contributed by atoms with Crippen LogP contribution in [0.2, 0.25) is 0 Å². The van der Waals surface area contributed by atoms with Gasteiger partial charge in [-0.2, -0.15) is 0 Å². The zero-order valence-electron chi connectivity index (χ0n) is 12.0. The Morgan fingerprint density at radius 2 is 1.89 bits per heavy atom. The summed E-state index contributed by atoms with van der Waals surface area (Å²) in [6.07, 6.45) is 0. The van der Waals surface area contributed by atoms with Gasteiger partial charge in [0, 0.05) is 19.6 Å². The standard InChI is InChI=1S/C14H24N2O2S/c1-12(2)19(17,18)8-7-16(3)11-14-6-4-5-13(9-14)10-15/h4-6,9,12H,7-8,10-11,15H2,1-3H3. The summed E-state index contributed by atoms with van der Waals surface area (Å²) in [7, 11) is -1.02. The van der Waals surface area contributed by atoms with Crippen molar-refractivity contribution in [2.45, 2.75) is 32.2 Å². The van der Waals surface area contributed by atoms with Crippen molar-refractivity contribution in [2.75, 3.05) is 19.3 Å². The molecule has 0 aromatic heterocycles. The van der Waals surface area contributed by atoms with Crippen LogP contribution in [0.3, 0.4) is 0 Å². The Hall–Kier alpha value is -0.910. The average molecular weight is 284 g/mol. The molecule has 4 nitrogen and oxygen atoms in total. The normalized spacial score (nSPS) is 12.3. The molecule has 0 aliphatic heterocycles. The van der Waals surface area contributed by atoms with Crippen molar-refractivity contribution < 1.29 is 8.42 Å².